The Balaban J connectivity index is 1.27. The summed E-state index contributed by atoms with van der Waals surface area (Å²) >= 11 is 0. The zero-order valence-electron chi connectivity index (χ0n) is 20.3. The summed E-state index contributed by atoms with van der Waals surface area (Å²) in [6, 6.07) is 11.1. The van der Waals surface area contributed by atoms with E-state index in [-0.39, 0.29) is 23.2 Å². The molecule has 3 aromatic rings. The van der Waals surface area contributed by atoms with Gasteiger partial charge in [-0.1, -0.05) is 31.0 Å². The smallest absolute Gasteiger partial charge is 0.270 e. The van der Waals surface area contributed by atoms with E-state index in [2.05, 4.69) is 46.5 Å². The highest BCUT2D eigenvalue weighted by atomic mass is 16.1. The zero-order chi connectivity index (χ0) is 23.9. The van der Waals surface area contributed by atoms with Crippen molar-refractivity contribution >= 4 is 17.0 Å². The molecule has 2 aliphatic carbocycles. The van der Waals surface area contributed by atoms with Crippen LogP contribution in [0.2, 0.25) is 0 Å². The number of aryl methyl sites for hydroxylation is 1. The highest BCUT2D eigenvalue weighted by Gasteiger charge is 2.26. The van der Waals surface area contributed by atoms with Gasteiger partial charge in [-0.2, -0.15) is 10.2 Å². The van der Waals surface area contributed by atoms with Crippen LogP contribution in [0.5, 0.6) is 0 Å². The van der Waals surface area contributed by atoms with Gasteiger partial charge in [0.05, 0.1) is 0 Å². The van der Waals surface area contributed by atoms with Gasteiger partial charge in [-0.05, 0) is 80.8 Å². The van der Waals surface area contributed by atoms with Gasteiger partial charge in [0.2, 0.25) is 5.95 Å². The van der Waals surface area contributed by atoms with Crippen molar-refractivity contribution in [2.45, 2.75) is 69.4 Å². The molecule has 7 heteroatoms. The monoisotopic (exact) mass is 468 g/mol. The number of nitriles is 1. The molecule has 180 valence electrons. The Morgan fingerprint density at radius 1 is 1.11 bits per heavy atom. The number of fused-ring (bicyclic) bond motifs is 2. The number of rotatable bonds is 4. The van der Waals surface area contributed by atoms with E-state index < -0.39 is 0 Å². The van der Waals surface area contributed by atoms with Crippen molar-refractivity contribution < 1.29 is 0 Å². The molecule has 0 bridgehead atoms. The molecule has 1 saturated heterocycles. The van der Waals surface area contributed by atoms with Crippen molar-refractivity contribution in [2.75, 3.05) is 25.5 Å². The average Bonchev–Trinajstić information content (AvgIpc) is 3.55. The Morgan fingerprint density at radius 2 is 1.97 bits per heavy atom. The predicted molar refractivity (Wildman–Crippen MR) is 137 cm³/mol. The first kappa shape index (κ1) is 22.2. The summed E-state index contributed by atoms with van der Waals surface area (Å²) in [5.74, 6) is 1.20. The Morgan fingerprint density at radius 3 is 2.74 bits per heavy atom. The molecular formula is C28H32N6O. The summed E-state index contributed by atoms with van der Waals surface area (Å²) in [6.07, 6.45) is 10.1. The summed E-state index contributed by atoms with van der Waals surface area (Å²) in [6.45, 7) is 2.31. The number of hydrogen-bond acceptors (Lipinski definition) is 6. The number of nitrogens with zero attached hydrogens (tertiary/aromatic N) is 5. The number of aromatic nitrogens is 3. The third-order valence-corrected chi connectivity index (χ3v) is 8.24. The Labute approximate surface area is 205 Å². The van der Waals surface area contributed by atoms with Crippen molar-refractivity contribution in [2.24, 2.45) is 0 Å². The maximum Gasteiger partial charge on any atom is 0.270 e. The van der Waals surface area contributed by atoms with Crippen LogP contribution in [0.15, 0.2) is 35.3 Å². The van der Waals surface area contributed by atoms with E-state index in [1.54, 1.807) is 16.8 Å². The molecule has 1 aromatic carbocycles. The summed E-state index contributed by atoms with van der Waals surface area (Å²) in [5.41, 5.74) is 4.93. The molecule has 3 heterocycles. The van der Waals surface area contributed by atoms with Crippen LogP contribution in [-0.4, -0.2) is 45.6 Å². The van der Waals surface area contributed by atoms with E-state index in [4.69, 9.17) is 4.98 Å². The van der Waals surface area contributed by atoms with E-state index >= 15 is 0 Å². The molecule has 7 nitrogen and oxygen atoms in total. The fourth-order valence-electron chi connectivity index (χ4n) is 6.31. The second-order valence-electron chi connectivity index (χ2n) is 10.6. The maximum atomic E-state index is 13.1. The molecule has 1 N–H and O–H groups in total. The number of hydrogen-bond donors (Lipinski definition) is 1. The molecule has 2 aromatic heterocycles. The SMILES string of the molecule is CN1CCC(c2ccc3c(c2)CC(Nc2ncc4cc(C#N)c(=O)n(C5CCCC5)c4n2)CC3)C1. The van der Waals surface area contributed by atoms with Gasteiger partial charge in [0.25, 0.3) is 5.56 Å². The minimum atomic E-state index is -0.228. The number of nitrogens with one attached hydrogen (secondary N) is 1. The molecule has 2 atom stereocenters. The van der Waals surface area contributed by atoms with Crippen LogP contribution in [0.4, 0.5) is 5.95 Å². The molecule has 0 radical (unpaired) electrons. The van der Waals surface area contributed by atoms with E-state index in [0.717, 1.165) is 56.9 Å². The summed E-state index contributed by atoms with van der Waals surface area (Å²) in [7, 11) is 2.20. The van der Waals surface area contributed by atoms with Crippen molar-refractivity contribution in [3.63, 3.8) is 0 Å². The Bertz CT molecular complexity index is 1370. The quantitative estimate of drug-likeness (QED) is 0.619. The lowest BCUT2D eigenvalue weighted by molar-refractivity contribution is 0.411. The second kappa shape index (κ2) is 9.09. The van der Waals surface area contributed by atoms with Gasteiger partial charge >= 0.3 is 0 Å². The number of benzene rings is 1. The normalized spacial score (nSPS) is 22.9. The highest BCUT2D eigenvalue weighted by molar-refractivity contribution is 5.77. The van der Waals surface area contributed by atoms with Crippen LogP contribution in [0.1, 0.15) is 72.7 Å². The van der Waals surface area contributed by atoms with Crippen LogP contribution in [-0.2, 0) is 12.8 Å². The van der Waals surface area contributed by atoms with E-state index in [0.29, 0.717) is 17.5 Å². The lowest BCUT2D eigenvalue weighted by Gasteiger charge is -2.27. The molecule has 1 saturated carbocycles. The van der Waals surface area contributed by atoms with E-state index in [9.17, 15) is 10.1 Å². The fourth-order valence-corrected chi connectivity index (χ4v) is 6.31. The topological polar surface area (TPSA) is 86.8 Å². The first-order valence-corrected chi connectivity index (χ1v) is 13.0. The second-order valence-corrected chi connectivity index (χ2v) is 10.6. The van der Waals surface area contributed by atoms with Crippen LogP contribution in [0, 0.1) is 11.3 Å². The van der Waals surface area contributed by atoms with Crippen molar-refractivity contribution in [3.05, 3.63) is 63.1 Å². The van der Waals surface area contributed by atoms with Crippen LogP contribution in [0.3, 0.4) is 0 Å². The van der Waals surface area contributed by atoms with Gasteiger partial charge in [-0.25, -0.2) is 4.98 Å². The largest absolute Gasteiger partial charge is 0.351 e. The summed E-state index contributed by atoms with van der Waals surface area (Å²) in [5, 5.41) is 13.8. The molecule has 0 amide bonds. The molecule has 3 aliphatic rings. The maximum absolute atomic E-state index is 13.1. The van der Waals surface area contributed by atoms with Gasteiger partial charge in [0.15, 0.2) is 0 Å². The number of likely N-dealkylation sites (N-methyl/N-ethyl adjacent to an activating group) is 1. The third-order valence-electron chi connectivity index (χ3n) is 8.24. The van der Waals surface area contributed by atoms with Crippen LogP contribution < -0.4 is 10.9 Å². The Hall–Kier alpha value is -3.24. The minimum absolute atomic E-state index is 0.107. The summed E-state index contributed by atoms with van der Waals surface area (Å²) < 4.78 is 1.76. The van der Waals surface area contributed by atoms with E-state index in [1.807, 2.05) is 0 Å². The number of anilines is 1. The summed E-state index contributed by atoms with van der Waals surface area (Å²) in [4.78, 5) is 24.9. The van der Waals surface area contributed by atoms with E-state index in [1.165, 1.54) is 29.7 Å². The zero-order valence-corrected chi connectivity index (χ0v) is 20.3. The van der Waals surface area contributed by atoms with Gasteiger partial charge in [-0.15, -0.1) is 0 Å². The molecule has 0 spiro atoms. The van der Waals surface area contributed by atoms with Gasteiger partial charge in [0.1, 0.15) is 17.3 Å². The van der Waals surface area contributed by atoms with Gasteiger partial charge in [0, 0.05) is 30.2 Å². The van der Waals surface area contributed by atoms with Crippen LogP contribution in [0.25, 0.3) is 11.0 Å². The molecular weight excluding hydrogens is 436 g/mol. The predicted octanol–water partition coefficient (Wildman–Crippen LogP) is 4.17. The number of likely N-dealkylation sites (tertiary alicyclic amines) is 1. The lowest BCUT2D eigenvalue weighted by atomic mass is 9.85. The van der Waals surface area contributed by atoms with Gasteiger partial charge in [-0.3, -0.25) is 9.36 Å². The number of pyridine rings is 1. The first-order chi connectivity index (χ1) is 17.1. The van der Waals surface area contributed by atoms with Gasteiger partial charge < -0.3 is 10.2 Å². The highest BCUT2D eigenvalue weighted by Crippen LogP contribution is 2.32. The van der Waals surface area contributed by atoms with Crippen LogP contribution >= 0.6 is 0 Å². The molecule has 6 rings (SSSR count). The molecule has 1 aliphatic heterocycles. The standard InChI is InChI=1S/C28H32N6O/c1-33-11-10-20(17-33)19-7-6-18-8-9-24(14-21(18)12-19)31-28-30-16-23-13-22(15-29)27(35)34(26(23)32-28)25-4-2-3-5-25/h6-7,12-13,16,20,24-25H,2-5,8-11,14,17H2,1H3,(H,30,31,32). The van der Waals surface area contributed by atoms with Crippen molar-refractivity contribution in [1.82, 2.24) is 19.4 Å². The Kier molecular flexibility index (Phi) is 5.77. The molecule has 2 unspecified atom stereocenters. The van der Waals surface area contributed by atoms with Crippen molar-refractivity contribution in [3.8, 4) is 6.07 Å². The third kappa shape index (κ3) is 4.21. The first-order valence-electron chi connectivity index (χ1n) is 13.0. The fraction of sp³-hybridized carbons (Fsp3) is 0.500. The average molecular weight is 469 g/mol. The van der Waals surface area contributed by atoms with Crippen molar-refractivity contribution in [1.29, 1.82) is 5.26 Å². The molecule has 2 fully saturated rings. The lowest BCUT2D eigenvalue weighted by Crippen LogP contribution is -2.29. The minimum Gasteiger partial charge on any atom is -0.351 e. The molecule has 35 heavy (non-hydrogen) atoms.